The lowest BCUT2D eigenvalue weighted by atomic mass is 10.1. The fraction of sp³-hybridized carbons (Fsp3) is 0.633. The van der Waals surface area contributed by atoms with Crippen molar-refractivity contribution in [3.05, 3.63) is 75.6 Å². The van der Waals surface area contributed by atoms with E-state index in [4.69, 9.17) is 14.2 Å². The third-order valence-corrected chi connectivity index (χ3v) is 6.62. The van der Waals surface area contributed by atoms with Crippen LogP contribution < -0.4 is 34.1 Å². The molecule has 50 heavy (non-hydrogen) atoms. The fourth-order valence-electron chi connectivity index (χ4n) is 4.49. The summed E-state index contributed by atoms with van der Waals surface area (Å²) in [5, 5.41) is 19.4. The van der Waals surface area contributed by atoms with Gasteiger partial charge in [-0.1, -0.05) is 12.7 Å². The highest BCUT2D eigenvalue weighted by Crippen LogP contribution is 2.08. The van der Waals surface area contributed by atoms with Gasteiger partial charge in [-0.05, 0) is 34.6 Å². The van der Waals surface area contributed by atoms with Gasteiger partial charge in [-0.25, -0.2) is 56.2 Å². The number of rotatable bonds is 18. The maximum absolute atomic E-state index is 13.2. The summed E-state index contributed by atoms with van der Waals surface area (Å²) < 4.78 is 18.7. The van der Waals surface area contributed by atoms with E-state index in [0.29, 0.717) is 27.4 Å². The first kappa shape index (κ1) is 41.1. The van der Waals surface area contributed by atoms with Gasteiger partial charge in [0.25, 0.3) is 0 Å². The first-order valence-corrected chi connectivity index (χ1v) is 15.6. The molecule has 278 valence electrons. The predicted octanol–water partition coefficient (Wildman–Crippen LogP) is -3.10. The van der Waals surface area contributed by atoms with Gasteiger partial charge in [0.15, 0.2) is 0 Å². The summed E-state index contributed by atoms with van der Waals surface area (Å²) in [4.78, 5) is 115. The van der Waals surface area contributed by atoms with Crippen molar-refractivity contribution in [2.24, 2.45) is 0 Å². The van der Waals surface area contributed by atoms with Gasteiger partial charge in [0.2, 0.25) is 0 Å². The second kappa shape index (κ2) is 17.5. The zero-order valence-electron chi connectivity index (χ0n) is 28.7. The minimum absolute atomic E-state index is 0.117. The van der Waals surface area contributed by atoms with Crippen molar-refractivity contribution >= 4 is 17.9 Å². The van der Waals surface area contributed by atoms with E-state index in [1.165, 1.54) is 19.9 Å². The lowest BCUT2D eigenvalue weighted by molar-refractivity contribution is -0.155. The molecule has 0 bridgehead atoms. The topological polar surface area (TPSA) is 251 Å². The van der Waals surface area contributed by atoms with E-state index in [-0.39, 0.29) is 6.61 Å². The Morgan fingerprint density at radius 2 is 1.00 bits per heavy atom. The number of aliphatic hydroxyl groups is 2. The molecule has 0 aliphatic heterocycles. The van der Waals surface area contributed by atoms with Crippen LogP contribution in [0.2, 0.25) is 0 Å². The number of esters is 3. The van der Waals surface area contributed by atoms with Crippen molar-refractivity contribution in [2.75, 3.05) is 19.8 Å². The molecule has 0 spiro atoms. The normalized spacial score (nSPS) is 11.7. The highest BCUT2D eigenvalue weighted by molar-refractivity contribution is 5.70. The van der Waals surface area contributed by atoms with Crippen molar-refractivity contribution in [3.8, 4) is 0 Å². The molecule has 0 radical (unpaired) electrons. The largest absolute Gasteiger partial charge is 0.464 e. The Balaban J connectivity index is 2.32. The van der Waals surface area contributed by atoms with Gasteiger partial charge in [0.05, 0.1) is 51.1 Å². The maximum atomic E-state index is 13.2. The fourth-order valence-corrected chi connectivity index (χ4v) is 4.49. The van der Waals surface area contributed by atoms with E-state index in [0.717, 1.165) is 0 Å². The molecule has 0 aliphatic rings. The Labute approximate surface area is 284 Å². The number of aromatic nitrogens is 6. The Kier molecular flexibility index (Phi) is 14.4. The molecule has 0 unspecified atom stereocenters. The van der Waals surface area contributed by atoms with Crippen molar-refractivity contribution in [2.45, 2.75) is 104 Å². The summed E-state index contributed by atoms with van der Waals surface area (Å²) in [6, 6.07) is 0. The van der Waals surface area contributed by atoms with Gasteiger partial charge >= 0.3 is 52.0 Å². The number of nitrogens with zero attached hydrogens (tertiary/aromatic N) is 6. The molecule has 0 aliphatic carbocycles. The molecule has 2 aromatic heterocycles. The lowest BCUT2D eigenvalue weighted by Gasteiger charge is -2.20. The summed E-state index contributed by atoms with van der Waals surface area (Å²) in [5.74, 6) is -2.49. The van der Waals surface area contributed by atoms with Crippen molar-refractivity contribution in [3.63, 3.8) is 0 Å². The molecule has 0 saturated heterocycles. The lowest BCUT2D eigenvalue weighted by Crippen LogP contribution is -2.56. The molecule has 2 aromatic rings. The number of hydrogen-bond acceptors (Lipinski definition) is 14. The van der Waals surface area contributed by atoms with E-state index >= 15 is 0 Å². The molecule has 0 aromatic carbocycles. The Hall–Kier alpha value is -5.11. The van der Waals surface area contributed by atoms with Crippen LogP contribution in [-0.4, -0.2) is 86.5 Å². The van der Waals surface area contributed by atoms with Gasteiger partial charge in [0.1, 0.15) is 18.8 Å². The van der Waals surface area contributed by atoms with Crippen LogP contribution in [0.4, 0.5) is 0 Å². The summed E-state index contributed by atoms with van der Waals surface area (Å²) in [6.07, 6.45) is -0.147. The molecule has 20 nitrogen and oxygen atoms in total. The van der Waals surface area contributed by atoms with Gasteiger partial charge in [0, 0.05) is 19.6 Å². The van der Waals surface area contributed by atoms with Crippen LogP contribution in [0, 0.1) is 0 Å². The number of carbonyl (C=O) groups excluding carboxylic acids is 3. The van der Waals surface area contributed by atoms with Crippen LogP contribution in [0.15, 0.2) is 41.4 Å². The molecule has 2 rings (SSSR count). The molecule has 0 fully saturated rings. The summed E-state index contributed by atoms with van der Waals surface area (Å²) in [6.45, 7) is 6.57. The number of ether oxygens (including phenoxy) is 3. The van der Waals surface area contributed by atoms with Gasteiger partial charge < -0.3 is 24.4 Å². The highest BCUT2D eigenvalue weighted by atomic mass is 16.6. The van der Waals surface area contributed by atoms with Gasteiger partial charge in [-0.2, -0.15) is 0 Å². The number of aliphatic hydroxyl groups excluding tert-OH is 1. The number of hydrogen-bond donors (Lipinski definition) is 2. The average molecular weight is 713 g/mol. The van der Waals surface area contributed by atoms with Gasteiger partial charge in [-0.15, -0.1) is 0 Å². The highest BCUT2D eigenvalue weighted by Gasteiger charge is 2.23. The van der Waals surface area contributed by atoms with Crippen LogP contribution in [0.5, 0.6) is 0 Å². The smallest absolute Gasteiger partial charge is 0.336 e. The van der Waals surface area contributed by atoms with E-state index in [2.05, 4.69) is 6.58 Å². The van der Waals surface area contributed by atoms with E-state index in [9.17, 15) is 53.4 Å². The standard InChI is InChI=1S/C30H44N6O14/c1-7-17-48-20(38)8-11-31-23(41)32(25(43)33(24(31)42)13-10-22(40)50-29(2,3)4)12-9-21(39)49-18-15-35-26(44)34(14-16-37)27(45)36(28(35)46)19-30(5,6)47/h7,37,47H,1,8-19H2,2-6H3. The molecule has 0 atom stereocenters. The van der Waals surface area contributed by atoms with Crippen LogP contribution in [0.1, 0.15) is 53.9 Å². The molecule has 0 saturated carbocycles. The molecule has 2 heterocycles. The minimum atomic E-state index is -1.53. The van der Waals surface area contributed by atoms with Crippen molar-refractivity contribution < 1.29 is 38.8 Å². The monoisotopic (exact) mass is 712 g/mol. The summed E-state index contributed by atoms with van der Waals surface area (Å²) in [7, 11) is 0. The van der Waals surface area contributed by atoms with E-state index < -0.39 is 135 Å². The summed E-state index contributed by atoms with van der Waals surface area (Å²) in [5.41, 5.74) is -9.03. The van der Waals surface area contributed by atoms with Crippen molar-refractivity contribution in [1.29, 1.82) is 0 Å². The van der Waals surface area contributed by atoms with Crippen LogP contribution in [0.25, 0.3) is 0 Å². The van der Waals surface area contributed by atoms with Gasteiger partial charge in [-0.3, -0.25) is 14.4 Å². The molecular weight excluding hydrogens is 668 g/mol. The number of carbonyl (C=O) groups is 3. The Morgan fingerprint density at radius 3 is 1.40 bits per heavy atom. The minimum Gasteiger partial charge on any atom is -0.464 e. The van der Waals surface area contributed by atoms with E-state index in [1.54, 1.807) is 20.8 Å². The van der Waals surface area contributed by atoms with Crippen LogP contribution >= 0.6 is 0 Å². The van der Waals surface area contributed by atoms with Crippen molar-refractivity contribution in [1.82, 2.24) is 27.4 Å². The van der Waals surface area contributed by atoms with Crippen LogP contribution in [-0.2, 0) is 67.9 Å². The molecule has 20 heteroatoms. The Morgan fingerprint density at radius 1 is 0.620 bits per heavy atom. The third kappa shape index (κ3) is 11.5. The maximum Gasteiger partial charge on any atom is 0.336 e. The zero-order chi connectivity index (χ0) is 38.0. The average Bonchev–Trinajstić information content (AvgIpc) is 3.00. The molecule has 0 amide bonds. The first-order valence-electron chi connectivity index (χ1n) is 15.6. The summed E-state index contributed by atoms with van der Waals surface area (Å²) >= 11 is 0. The van der Waals surface area contributed by atoms with E-state index in [1.807, 2.05) is 0 Å². The second-order valence-corrected chi connectivity index (χ2v) is 12.6. The SMILES string of the molecule is C=CCOC(=O)CCn1c(=O)n(CCC(=O)OCCn2c(=O)n(CCO)c(=O)n(CC(C)(C)O)c2=O)c(=O)n(CCC(=O)OC(C)(C)C)c1=O. The molecule has 2 N–H and O–H groups in total. The Bertz CT molecular complexity index is 1930. The zero-order valence-corrected chi connectivity index (χ0v) is 28.7. The van der Waals surface area contributed by atoms with Crippen LogP contribution in [0.3, 0.4) is 0 Å². The third-order valence-electron chi connectivity index (χ3n) is 6.62. The second-order valence-electron chi connectivity index (χ2n) is 12.6. The predicted molar refractivity (Wildman–Crippen MR) is 174 cm³/mol. The first-order chi connectivity index (χ1) is 23.2. The molecular formula is C30H44N6O14. The quantitative estimate of drug-likeness (QED) is 0.0883.